The summed E-state index contributed by atoms with van der Waals surface area (Å²) in [5.41, 5.74) is 0.866. The molecule has 1 fully saturated rings. The van der Waals surface area contributed by atoms with Crippen molar-refractivity contribution < 1.29 is 9.47 Å². The molecule has 6 nitrogen and oxygen atoms in total. The highest BCUT2D eigenvalue weighted by Crippen LogP contribution is 2.32. The van der Waals surface area contributed by atoms with Gasteiger partial charge in [0.1, 0.15) is 0 Å². The first kappa shape index (κ1) is 15.6. The number of aromatic nitrogens is 2. The average molecular weight is 332 g/mol. The minimum atomic E-state index is 0.391. The Bertz CT molecular complexity index is 669. The van der Waals surface area contributed by atoms with Crippen LogP contribution >= 0.6 is 12.2 Å². The van der Waals surface area contributed by atoms with Crippen molar-refractivity contribution in [2.75, 3.05) is 19.5 Å². The summed E-state index contributed by atoms with van der Waals surface area (Å²) in [5.74, 6) is 1.36. The highest BCUT2D eigenvalue weighted by Gasteiger charge is 2.30. The van der Waals surface area contributed by atoms with Gasteiger partial charge in [0.05, 0.1) is 20.5 Å². The molecule has 3 rings (SSSR count). The summed E-state index contributed by atoms with van der Waals surface area (Å²) in [4.78, 5) is 4.08. The van der Waals surface area contributed by atoms with Gasteiger partial charge in [-0.25, -0.2) is 4.98 Å². The fraction of sp³-hybridized carbons (Fsp3) is 0.375. The van der Waals surface area contributed by atoms with Crippen LogP contribution in [0.3, 0.4) is 0 Å². The van der Waals surface area contributed by atoms with E-state index in [-0.39, 0.29) is 0 Å². The van der Waals surface area contributed by atoms with Crippen molar-refractivity contribution in [1.29, 1.82) is 0 Å². The maximum absolute atomic E-state index is 5.38. The molecule has 0 radical (unpaired) electrons. The molecule has 1 aromatic carbocycles. The normalized spacial score (nSPS) is 19.6. The number of imidazole rings is 1. The summed E-state index contributed by atoms with van der Waals surface area (Å²) >= 11 is 5.38. The summed E-state index contributed by atoms with van der Waals surface area (Å²) in [6.45, 7) is 0. The molecular formula is C16H20N4O2S. The van der Waals surface area contributed by atoms with Crippen LogP contribution in [-0.2, 0) is 0 Å². The van der Waals surface area contributed by atoms with Crippen LogP contribution in [-0.4, -0.2) is 34.9 Å². The molecule has 0 spiro atoms. The van der Waals surface area contributed by atoms with Crippen molar-refractivity contribution >= 4 is 23.0 Å². The largest absolute Gasteiger partial charge is 0.493 e. The van der Waals surface area contributed by atoms with E-state index in [0.29, 0.717) is 28.7 Å². The second kappa shape index (κ2) is 6.87. The standard InChI is InChI=1S/C16H20N4O2S/c1-21-14-4-3-11(9-15(14)22-2)18-16(23)19-12-7-13(8-12)20-6-5-17-10-20/h3-6,9-10,12-13H,7-8H2,1-2H3,(H2,18,19,23). The van der Waals surface area contributed by atoms with Gasteiger partial charge in [-0.2, -0.15) is 0 Å². The van der Waals surface area contributed by atoms with Crippen molar-refractivity contribution in [3.8, 4) is 11.5 Å². The van der Waals surface area contributed by atoms with E-state index >= 15 is 0 Å². The number of nitrogens with one attached hydrogen (secondary N) is 2. The summed E-state index contributed by atoms with van der Waals surface area (Å²) in [7, 11) is 3.23. The molecule has 1 aromatic heterocycles. The number of benzene rings is 1. The molecule has 23 heavy (non-hydrogen) atoms. The molecule has 0 amide bonds. The third kappa shape index (κ3) is 3.56. The van der Waals surface area contributed by atoms with Crippen molar-refractivity contribution in [3.63, 3.8) is 0 Å². The van der Waals surface area contributed by atoms with Crippen LogP contribution in [0.25, 0.3) is 0 Å². The zero-order valence-corrected chi connectivity index (χ0v) is 14.0. The quantitative estimate of drug-likeness (QED) is 0.821. The van der Waals surface area contributed by atoms with Crippen molar-refractivity contribution in [2.45, 2.75) is 24.9 Å². The van der Waals surface area contributed by atoms with Crippen molar-refractivity contribution in [1.82, 2.24) is 14.9 Å². The fourth-order valence-corrected chi connectivity index (χ4v) is 2.99. The van der Waals surface area contributed by atoms with Gasteiger partial charge in [-0.05, 0) is 37.2 Å². The van der Waals surface area contributed by atoms with Crippen LogP contribution < -0.4 is 20.1 Å². The Morgan fingerprint density at radius 3 is 2.70 bits per heavy atom. The first-order valence-corrected chi connectivity index (χ1v) is 7.87. The topological polar surface area (TPSA) is 60.3 Å². The van der Waals surface area contributed by atoms with E-state index in [1.807, 2.05) is 36.9 Å². The number of nitrogens with zero attached hydrogens (tertiary/aromatic N) is 2. The minimum Gasteiger partial charge on any atom is -0.493 e. The van der Waals surface area contributed by atoms with E-state index in [1.54, 1.807) is 14.2 Å². The van der Waals surface area contributed by atoms with Crippen LogP contribution in [0.5, 0.6) is 11.5 Å². The molecule has 2 N–H and O–H groups in total. The third-order valence-corrected chi connectivity index (χ3v) is 4.26. The van der Waals surface area contributed by atoms with Gasteiger partial charge in [-0.3, -0.25) is 0 Å². The lowest BCUT2D eigenvalue weighted by atomic mass is 9.87. The number of thiocarbonyl (C=S) groups is 1. The van der Waals surface area contributed by atoms with E-state index in [2.05, 4.69) is 20.2 Å². The molecule has 1 aliphatic carbocycles. The molecule has 0 bridgehead atoms. The van der Waals surface area contributed by atoms with Gasteiger partial charge in [-0.1, -0.05) is 0 Å². The van der Waals surface area contributed by atoms with Gasteiger partial charge in [0.25, 0.3) is 0 Å². The Morgan fingerprint density at radius 1 is 1.26 bits per heavy atom. The summed E-state index contributed by atoms with van der Waals surface area (Å²) in [6, 6.07) is 6.52. The highest BCUT2D eigenvalue weighted by atomic mass is 32.1. The lowest BCUT2D eigenvalue weighted by Crippen LogP contribution is -2.46. The Morgan fingerprint density at radius 2 is 2.04 bits per heavy atom. The Hall–Kier alpha value is -2.28. The monoisotopic (exact) mass is 332 g/mol. The van der Waals surface area contributed by atoms with Gasteiger partial charge < -0.3 is 24.7 Å². The summed E-state index contributed by atoms with van der Waals surface area (Å²) < 4.78 is 12.7. The molecule has 122 valence electrons. The zero-order valence-electron chi connectivity index (χ0n) is 13.2. The van der Waals surface area contributed by atoms with Crippen LogP contribution in [0.2, 0.25) is 0 Å². The predicted molar refractivity (Wildman–Crippen MR) is 93.2 cm³/mol. The van der Waals surface area contributed by atoms with Gasteiger partial charge >= 0.3 is 0 Å². The van der Waals surface area contributed by atoms with E-state index in [9.17, 15) is 0 Å². The van der Waals surface area contributed by atoms with Crippen molar-refractivity contribution in [2.24, 2.45) is 0 Å². The summed E-state index contributed by atoms with van der Waals surface area (Å²) in [5, 5.41) is 7.14. The Balaban J connectivity index is 1.50. The first-order chi connectivity index (χ1) is 11.2. The van der Waals surface area contributed by atoms with Gasteiger partial charge in [-0.15, -0.1) is 0 Å². The molecule has 0 atom stereocenters. The maximum Gasteiger partial charge on any atom is 0.170 e. The molecule has 1 heterocycles. The molecule has 0 unspecified atom stereocenters. The molecule has 2 aromatic rings. The van der Waals surface area contributed by atoms with E-state index in [0.717, 1.165) is 18.5 Å². The van der Waals surface area contributed by atoms with Gasteiger partial charge in [0.2, 0.25) is 0 Å². The van der Waals surface area contributed by atoms with Crippen LogP contribution in [0.1, 0.15) is 18.9 Å². The number of ether oxygens (including phenoxy) is 2. The summed E-state index contributed by atoms with van der Waals surface area (Å²) in [6.07, 6.45) is 7.76. The van der Waals surface area contributed by atoms with E-state index in [4.69, 9.17) is 21.7 Å². The average Bonchev–Trinajstić information content (AvgIpc) is 3.04. The van der Waals surface area contributed by atoms with Gasteiger partial charge in [0, 0.05) is 36.2 Å². The lowest BCUT2D eigenvalue weighted by molar-refractivity contribution is 0.248. The SMILES string of the molecule is COc1ccc(NC(=S)NC2CC(n3ccnc3)C2)cc1OC. The number of rotatable bonds is 5. The molecular weight excluding hydrogens is 312 g/mol. The van der Waals surface area contributed by atoms with Crippen LogP contribution in [0.4, 0.5) is 5.69 Å². The molecule has 7 heteroatoms. The highest BCUT2D eigenvalue weighted by molar-refractivity contribution is 7.80. The van der Waals surface area contributed by atoms with E-state index < -0.39 is 0 Å². The second-order valence-electron chi connectivity index (χ2n) is 5.50. The lowest BCUT2D eigenvalue weighted by Gasteiger charge is -2.37. The van der Waals surface area contributed by atoms with Crippen molar-refractivity contribution in [3.05, 3.63) is 36.9 Å². The van der Waals surface area contributed by atoms with Crippen LogP contribution in [0.15, 0.2) is 36.9 Å². The second-order valence-corrected chi connectivity index (χ2v) is 5.91. The molecule has 1 aliphatic rings. The van der Waals surface area contributed by atoms with Crippen LogP contribution in [0, 0.1) is 0 Å². The number of hydrogen-bond donors (Lipinski definition) is 2. The number of hydrogen-bond acceptors (Lipinski definition) is 4. The molecule has 0 aliphatic heterocycles. The van der Waals surface area contributed by atoms with Gasteiger partial charge in [0.15, 0.2) is 16.6 Å². The van der Waals surface area contributed by atoms with E-state index in [1.165, 1.54) is 0 Å². The molecule has 0 saturated heterocycles. The maximum atomic E-state index is 5.38. The third-order valence-electron chi connectivity index (χ3n) is 4.04. The Labute approximate surface area is 140 Å². The smallest absolute Gasteiger partial charge is 0.170 e. The minimum absolute atomic E-state index is 0.391. The first-order valence-electron chi connectivity index (χ1n) is 7.46. The predicted octanol–water partition coefficient (Wildman–Crippen LogP) is 2.59. The number of anilines is 1. The number of methoxy groups -OCH3 is 2. The molecule has 1 saturated carbocycles. The Kier molecular flexibility index (Phi) is 4.66. The zero-order chi connectivity index (χ0) is 16.2. The fourth-order valence-electron chi connectivity index (χ4n) is 2.70.